The van der Waals surface area contributed by atoms with Gasteiger partial charge in [0.2, 0.25) is 0 Å². The van der Waals surface area contributed by atoms with Crippen LogP contribution in [0.2, 0.25) is 0 Å². The van der Waals surface area contributed by atoms with Gasteiger partial charge in [0.15, 0.2) is 5.96 Å². The molecule has 0 bridgehead atoms. The summed E-state index contributed by atoms with van der Waals surface area (Å²) < 4.78 is 12.8. The van der Waals surface area contributed by atoms with Crippen LogP contribution in [0.1, 0.15) is 25.3 Å². The molecule has 0 atom stereocenters. The second kappa shape index (κ2) is 10.2. The Morgan fingerprint density at radius 2 is 1.90 bits per heavy atom. The van der Waals surface area contributed by atoms with Gasteiger partial charge in [0.25, 0.3) is 0 Å². The van der Waals surface area contributed by atoms with Gasteiger partial charge in [0.1, 0.15) is 5.82 Å². The number of hydrogen-bond acceptors (Lipinski definition) is 2. The van der Waals surface area contributed by atoms with E-state index in [4.69, 9.17) is 0 Å². The molecule has 0 aliphatic carbocycles. The van der Waals surface area contributed by atoms with Gasteiger partial charge >= 0.3 is 0 Å². The van der Waals surface area contributed by atoms with Crippen molar-refractivity contribution < 1.29 is 4.39 Å². The number of unbranched alkanes of at least 4 members (excludes halogenated alkanes) is 1. The lowest BCUT2D eigenvalue weighted by Crippen LogP contribution is -2.40. The normalized spacial score (nSPS) is 11.8. The van der Waals surface area contributed by atoms with E-state index in [1.54, 1.807) is 19.2 Å². The Labute approximate surface area is 127 Å². The lowest BCUT2D eigenvalue weighted by atomic mass is 10.2. The van der Waals surface area contributed by atoms with E-state index in [2.05, 4.69) is 34.5 Å². The number of aliphatic imine (C=N–C) groups is 1. The Balaban J connectivity index is 2.24. The van der Waals surface area contributed by atoms with E-state index >= 15 is 0 Å². The highest BCUT2D eigenvalue weighted by atomic mass is 19.1. The van der Waals surface area contributed by atoms with Crippen LogP contribution in [-0.4, -0.2) is 44.6 Å². The van der Waals surface area contributed by atoms with Crippen LogP contribution in [0.3, 0.4) is 0 Å². The molecule has 118 valence electrons. The van der Waals surface area contributed by atoms with Crippen molar-refractivity contribution in [1.82, 2.24) is 15.5 Å². The standard InChI is InChI=1S/C16H27FN4/c1-4-5-11-21(3)12-10-19-16(18-2)20-13-14-6-8-15(17)9-7-14/h6-9H,4-5,10-13H2,1-3H3,(H2,18,19,20). The number of benzene rings is 1. The van der Waals surface area contributed by atoms with Crippen molar-refractivity contribution in [2.45, 2.75) is 26.3 Å². The first-order chi connectivity index (χ1) is 10.2. The molecule has 21 heavy (non-hydrogen) atoms. The summed E-state index contributed by atoms with van der Waals surface area (Å²) in [5.41, 5.74) is 1.03. The maximum absolute atomic E-state index is 12.8. The molecule has 5 heteroatoms. The summed E-state index contributed by atoms with van der Waals surface area (Å²) in [6, 6.07) is 6.48. The van der Waals surface area contributed by atoms with Gasteiger partial charge in [0, 0.05) is 26.7 Å². The smallest absolute Gasteiger partial charge is 0.191 e. The minimum atomic E-state index is -0.212. The minimum Gasteiger partial charge on any atom is -0.355 e. The van der Waals surface area contributed by atoms with Crippen molar-refractivity contribution in [1.29, 1.82) is 0 Å². The van der Waals surface area contributed by atoms with Gasteiger partial charge in [-0.05, 0) is 37.7 Å². The van der Waals surface area contributed by atoms with Crippen LogP contribution in [-0.2, 0) is 6.54 Å². The van der Waals surface area contributed by atoms with E-state index in [0.717, 1.165) is 31.2 Å². The molecule has 1 aromatic carbocycles. The van der Waals surface area contributed by atoms with Gasteiger partial charge < -0.3 is 15.5 Å². The zero-order valence-corrected chi connectivity index (χ0v) is 13.3. The SMILES string of the molecule is CCCCN(C)CCNC(=NC)NCc1ccc(F)cc1. The predicted octanol–water partition coefficient (Wildman–Crippen LogP) is 2.22. The number of likely N-dealkylation sites (N-methyl/N-ethyl adjacent to an activating group) is 1. The van der Waals surface area contributed by atoms with Gasteiger partial charge in [0.05, 0.1) is 0 Å². The van der Waals surface area contributed by atoms with Crippen LogP contribution >= 0.6 is 0 Å². The highest BCUT2D eigenvalue weighted by Gasteiger charge is 2.00. The van der Waals surface area contributed by atoms with Crippen molar-refractivity contribution in [3.05, 3.63) is 35.6 Å². The number of nitrogens with zero attached hydrogens (tertiary/aromatic N) is 2. The first-order valence-electron chi connectivity index (χ1n) is 7.53. The maximum atomic E-state index is 12.8. The van der Waals surface area contributed by atoms with Gasteiger partial charge in [-0.1, -0.05) is 25.5 Å². The van der Waals surface area contributed by atoms with Gasteiger partial charge in [-0.2, -0.15) is 0 Å². The summed E-state index contributed by atoms with van der Waals surface area (Å²) in [6.07, 6.45) is 2.45. The van der Waals surface area contributed by atoms with Crippen molar-refractivity contribution in [2.24, 2.45) is 4.99 Å². The second-order valence-corrected chi connectivity index (χ2v) is 5.14. The second-order valence-electron chi connectivity index (χ2n) is 5.14. The van der Waals surface area contributed by atoms with Gasteiger partial charge in [-0.3, -0.25) is 4.99 Å². The number of hydrogen-bond donors (Lipinski definition) is 2. The number of halogens is 1. The average molecular weight is 294 g/mol. The number of nitrogens with one attached hydrogen (secondary N) is 2. The first-order valence-corrected chi connectivity index (χ1v) is 7.53. The highest BCUT2D eigenvalue weighted by Crippen LogP contribution is 2.01. The van der Waals surface area contributed by atoms with Gasteiger partial charge in [-0.15, -0.1) is 0 Å². The predicted molar refractivity (Wildman–Crippen MR) is 87.0 cm³/mol. The molecular formula is C16H27FN4. The third-order valence-corrected chi connectivity index (χ3v) is 3.28. The van der Waals surface area contributed by atoms with E-state index < -0.39 is 0 Å². The summed E-state index contributed by atoms with van der Waals surface area (Å²) in [7, 11) is 3.88. The largest absolute Gasteiger partial charge is 0.355 e. The summed E-state index contributed by atoms with van der Waals surface area (Å²) in [6.45, 7) is 5.79. The maximum Gasteiger partial charge on any atom is 0.191 e. The summed E-state index contributed by atoms with van der Waals surface area (Å²) in [5, 5.41) is 6.50. The third kappa shape index (κ3) is 7.66. The molecule has 0 saturated heterocycles. The molecule has 0 fully saturated rings. The molecule has 0 unspecified atom stereocenters. The zero-order valence-electron chi connectivity index (χ0n) is 13.3. The lowest BCUT2D eigenvalue weighted by Gasteiger charge is -2.18. The minimum absolute atomic E-state index is 0.212. The fourth-order valence-corrected chi connectivity index (χ4v) is 1.91. The molecule has 0 spiro atoms. The Bertz CT molecular complexity index is 417. The molecule has 0 amide bonds. The van der Waals surface area contributed by atoms with E-state index in [9.17, 15) is 4.39 Å². The van der Waals surface area contributed by atoms with Crippen LogP contribution < -0.4 is 10.6 Å². The molecular weight excluding hydrogens is 267 g/mol. The average Bonchev–Trinajstić information content (AvgIpc) is 2.50. The molecule has 0 aromatic heterocycles. The van der Waals surface area contributed by atoms with E-state index in [0.29, 0.717) is 6.54 Å². The quantitative estimate of drug-likeness (QED) is 0.570. The Morgan fingerprint density at radius 3 is 2.52 bits per heavy atom. The fraction of sp³-hybridized carbons (Fsp3) is 0.562. The molecule has 0 saturated carbocycles. The zero-order chi connectivity index (χ0) is 15.5. The fourth-order valence-electron chi connectivity index (χ4n) is 1.91. The molecule has 0 heterocycles. The monoisotopic (exact) mass is 294 g/mol. The van der Waals surface area contributed by atoms with Crippen molar-refractivity contribution in [3.8, 4) is 0 Å². The van der Waals surface area contributed by atoms with Crippen molar-refractivity contribution in [3.63, 3.8) is 0 Å². The van der Waals surface area contributed by atoms with Crippen LogP contribution in [0.5, 0.6) is 0 Å². The Morgan fingerprint density at radius 1 is 1.19 bits per heavy atom. The van der Waals surface area contributed by atoms with Crippen LogP contribution in [0.25, 0.3) is 0 Å². The summed E-state index contributed by atoms with van der Waals surface area (Å²) >= 11 is 0. The van der Waals surface area contributed by atoms with Gasteiger partial charge in [-0.25, -0.2) is 4.39 Å². The Hall–Kier alpha value is -1.62. The first kappa shape index (κ1) is 17.4. The molecule has 0 aliphatic rings. The molecule has 4 nitrogen and oxygen atoms in total. The van der Waals surface area contributed by atoms with Crippen LogP contribution in [0.4, 0.5) is 4.39 Å². The molecule has 1 rings (SSSR count). The van der Waals surface area contributed by atoms with Crippen molar-refractivity contribution in [2.75, 3.05) is 33.7 Å². The van der Waals surface area contributed by atoms with E-state index in [1.165, 1.54) is 25.0 Å². The molecule has 1 aromatic rings. The third-order valence-electron chi connectivity index (χ3n) is 3.28. The number of rotatable bonds is 8. The molecule has 0 radical (unpaired) electrons. The number of guanidine groups is 1. The van der Waals surface area contributed by atoms with E-state index in [-0.39, 0.29) is 5.82 Å². The van der Waals surface area contributed by atoms with E-state index in [1.807, 2.05) is 0 Å². The molecule has 2 N–H and O–H groups in total. The topological polar surface area (TPSA) is 39.7 Å². The summed E-state index contributed by atoms with van der Waals surface area (Å²) in [5.74, 6) is 0.555. The highest BCUT2D eigenvalue weighted by molar-refractivity contribution is 5.79. The van der Waals surface area contributed by atoms with Crippen LogP contribution in [0, 0.1) is 5.82 Å². The van der Waals surface area contributed by atoms with Crippen LogP contribution in [0.15, 0.2) is 29.3 Å². The summed E-state index contributed by atoms with van der Waals surface area (Å²) in [4.78, 5) is 6.49. The van der Waals surface area contributed by atoms with Crippen molar-refractivity contribution >= 4 is 5.96 Å². The molecule has 0 aliphatic heterocycles. The Kier molecular flexibility index (Phi) is 8.43. The lowest BCUT2D eigenvalue weighted by molar-refractivity contribution is 0.332.